The summed E-state index contributed by atoms with van der Waals surface area (Å²) in [6.07, 6.45) is 9.13. The molecular weight excluding hydrogens is 228 g/mol. The molecule has 2 rings (SSSR count). The Labute approximate surface area is 110 Å². The normalized spacial score (nSPS) is 33.1. The highest BCUT2D eigenvalue weighted by Crippen LogP contribution is 2.32. The Bertz CT molecular complexity index is 292. The van der Waals surface area contributed by atoms with Gasteiger partial charge in [0, 0.05) is 13.0 Å². The summed E-state index contributed by atoms with van der Waals surface area (Å²) < 4.78 is 5.95. The first-order valence-corrected chi connectivity index (χ1v) is 7.27. The molecule has 3 N–H and O–H groups in total. The number of amides is 1. The maximum absolute atomic E-state index is 11.6. The molecule has 2 aliphatic rings. The Morgan fingerprint density at radius 2 is 2.17 bits per heavy atom. The number of hydrogen-bond donors (Lipinski definition) is 2. The van der Waals surface area contributed by atoms with Crippen LogP contribution in [0, 0.1) is 5.92 Å². The van der Waals surface area contributed by atoms with Gasteiger partial charge in [-0.1, -0.05) is 19.3 Å². The molecule has 0 saturated heterocycles. The highest BCUT2D eigenvalue weighted by Gasteiger charge is 2.40. The van der Waals surface area contributed by atoms with Crippen molar-refractivity contribution in [3.63, 3.8) is 0 Å². The van der Waals surface area contributed by atoms with Gasteiger partial charge < -0.3 is 15.8 Å². The monoisotopic (exact) mass is 254 g/mol. The van der Waals surface area contributed by atoms with Crippen LogP contribution in [0.15, 0.2) is 0 Å². The average molecular weight is 254 g/mol. The molecule has 2 saturated carbocycles. The van der Waals surface area contributed by atoms with Gasteiger partial charge in [0.1, 0.15) is 0 Å². The summed E-state index contributed by atoms with van der Waals surface area (Å²) >= 11 is 0. The Morgan fingerprint density at radius 1 is 1.39 bits per heavy atom. The minimum Gasteiger partial charge on any atom is -0.378 e. The van der Waals surface area contributed by atoms with Gasteiger partial charge in [-0.2, -0.15) is 0 Å². The summed E-state index contributed by atoms with van der Waals surface area (Å²) in [5.74, 6) is 0.649. The third-order valence-electron chi connectivity index (χ3n) is 4.76. The number of rotatable bonds is 6. The quantitative estimate of drug-likeness (QED) is 0.756. The van der Waals surface area contributed by atoms with Crippen LogP contribution in [0.25, 0.3) is 0 Å². The van der Waals surface area contributed by atoms with Crippen LogP contribution >= 0.6 is 0 Å². The molecule has 0 bridgehead atoms. The number of hydrogen-bond acceptors (Lipinski definition) is 3. The number of nitrogens with two attached hydrogens (primary N) is 1. The predicted molar refractivity (Wildman–Crippen MR) is 71.2 cm³/mol. The fourth-order valence-electron chi connectivity index (χ4n) is 3.12. The number of likely N-dealkylation sites (N-methyl/N-ethyl adjacent to an activating group) is 1. The lowest BCUT2D eigenvalue weighted by molar-refractivity contribution is -0.128. The molecule has 2 atom stereocenters. The Morgan fingerprint density at radius 3 is 2.72 bits per heavy atom. The lowest BCUT2D eigenvalue weighted by Gasteiger charge is -2.38. The van der Waals surface area contributed by atoms with Gasteiger partial charge in [-0.15, -0.1) is 0 Å². The zero-order valence-electron chi connectivity index (χ0n) is 11.4. The number of nitrogens with one attached hydrogen (secondary N) is 1. The molecule has 0 aromatic carbocycles. The molecule has 0 aromatic heterocycles. The van der Waals surface area contributed by atoms with Gasteiger partial charge in [0.15, 0.2) is 0 Å². The largest absolute Gasteiger partial charge is 0.378 e. The molecule has 1 amide bonds. The van der Waals surface area contributed by atoms with Crippen molar-refractivity contribution in [2.24, 2.45) is 11.7 Å². The minimum atomic E-state index is -0.542. The lowest BCUT2D eigenvalue weighted by atomic mass is 9.79. The molecule has 0 aromatic rings. The number of ether oxygens (including phenoxy) is 1. The number of primary amides is 1. The zero-order chi connectivity index (χ0) is 13.0. The van der Waals surface area contributed by atoms with E-state index < -0.39 is 5.54 Å². The maximum Gasteiger partial charge on any atom is 0.237 e. The molecule has 4 nitrogen and oxygen atoms in total. The van der Waals surface area contributed by atoms with Gasteiger partial charge in [0.05, 0.1) is 11.6 Å². The number of carbonyl (C=O) groups excluding carboxylic acids is 1. The van der Waals surface area contributed by atoms with E-state index in [0.29, 0.717) is 0 Å². The van der Waals surface area contributed by atoms with Crippen molar-refractivity contribution in [2.75, 3.05) is 13.7 Å². The Kier molecular flexibility index (Phi) is 4.62. The van der Waals surface area contributed by atoms with E-state index in [-0.39, 0.29) is 12.0 Å². The van der Waals surface area contributed by atoms with Crippen LogP contribution in [0.4, 0.5) is 0 Å². The molecule has 0 spiro atoms. The van der Waals surface area contributed by atoms with Crippen molar-refractivity contribution >= 4 is 5.91 Å². The smallest absolute Gasteiger partial charge is 0.237 e. The minimum absolute atomic E-state index is 0.193. The van der Waals surface area contributed by atoms with Gasteiger partial charge in [-0.25, -0.2) is 0 Å². The van der Waals surface area contributed by atoms with Crippen LogP contribution in [-0.2, 0) is 9.53 Å². The second-order valence-electron chi connectivity index (χ2n) is 5.87. The Balaban J connectivity index is 1.76. The molecule has 2 aliphatic carbocycles. The van der Waals surface area contributed by atoms with Crippen LogP contribution < -0.4 is 11.1 Å². The molecule has 104 valence electrons. The fraction of sp³-hybridized carbons (Fsp3) is 0.929. The first-order chi connectivity index (χ1) is 8.66. The average Bonchev–Trinajstić information content (AvgIpc) is 2.32. The second kappa shape index (κ2) is 6.02. The SMILES string of the molecule is CNC1(C(N)=O)CCCC(OCCC2CCC2)C1. The third kappa shape index (κ3) is 3.04. The summed E-state index contributed by atoms with van der Waals surface area (Å²) in [4.78, 5) is 11.6. The van der Waals surface area contributed by atoms with Crippen molar-refractivity contribution in [1.82, 2.24) is 5.32 Å². The Hall–Kier alpha value is -0.610. The summed E-state index contributed by atoms with van der Waals surface area (Å²) in [5, 5.41) is 3.11. The van der Waals surface area contributed by atoms with Gasteiger partial charge in [-0.05, 0) is 38.6 Å². The topological polar surface area (TPSA) is 64.3 Å². The van der Waals surface area contributed by atoms with E-state index in [9.17, 15) is 4.79 Å². The highest BCUT2D eigenvalue weighted by molar-refractivity contribution is 5.84. The van der Waals surface area contributed by atoms with Gasteiger partial charge in [0.25, 0.3) is 0 Å². The van der Waals surface area contributed by atoms with Crippen molar-refractivity contribution in [2.45, 2.75) is 63.0 Å². The summed E-state index contributed by atoms with van der Waals surface area (Å²) in [6.45, 7) is 0.841. The van der Waals surface area contributed by atoms with Gasteiger partial charge in [0.2, 0.25) is 5.91 Å². The van der Waals surface area contributed by atoms with Crippen LogP contribution in [-0.4, -0.2) is 31.2 Å². The van der Waals surface area contributed by atoms with Crippen LogP contribution in [0.2, 0.25) is 0 Å². The first kappa shape index (κ1) is 13.8. The van der Waals surface area contributed by atoms with Gasteiger partial charge >= 0.3 is 0 Å². The highest BCUT2D eigenvalue weighted by atomic mass is 16.5. The fourth-order valence-corrected chi connectivity index (χ4v) is 3.12. The zero-order valence-corrected chi connectivity index (χ0v) is 11.4. The molecular formula is C14H26N2O2. The van der Waals surface area contributed by atoms with Crippen LogP contribution in [0.1, 0.15) is 51.4 Å². The van der Waals surface area contributed by atoms with E-state index in [2.05, 4.69) is 5.32 Å². The van der Waals surface area contributed by atoms with E-state index in [1.165, 1.54) is 25.7 Å². The summed E-state index contributed by atoms with van der Waals surface area (Å²) in [6, 6.07) is 0. The number of carbonyl (C=O) groups is 1. The van der Waals surface area contributed by atoms with Crippen molar-refractivity contribution in [3.8, 4) is 0 Å². The van der Waals surface area contributed by atoms with Crippen molar-refractivity contribution < 1.29 is 9.53 Å². The molecule has 2 fully saturated rings. The van der Waals surface area contributed by atoms with Crippen LogP contribution in [0.3, 0.4) is 0 Å². The van der Waals surface area contributed by atoms with Crippen molar-refractivity contribution in [3.05, 3.63) is 0 Å². The van der Waals surface area contributed by atoms with Crippen molar-refractivity contribution in [1.29, 1.82) is 0 Å². The van der Waals surface area contributed by atoms with E-state index in [4.69, 9.17) is 10.5 Å². The van der Waals surface area contributed by atoms with E-state index in [1.54, 1.807) is 0 Å². The van der Waals surface area contributed by atoms with E-state index >= 15 is 0 Å². The second-order valence-corrected chi connectivity index (χ2v) is 5.87. The predicted octanol–water partition coefficient (Wildman–Crippen LogP) is 1.58. The molecule has 0 radical (unpaired) electrons. The summed E-state index contributed by atoms with van der Waals surface area (Å²) in [7, 11) is 1.82. The molecule has 2 unspecified atom stereocenters. The summed E-state index contributed by atoms with van der Waals surface area (Å²) in [5.41, 5.74) is 4.98. The van der Waals surface area contributed by atoms with E-state index in [1.807, 2.05) is 7.05 Å². The first-order valence-electron chi connectivity index (χ1n) is 7.27. The molecule has 0 heterocycles. The van der Waals surface area contributed by atoms with Crippen LogP contribution in [0.5, 0.6) is 0 Å². The molecule has 4 heteroatoms. The molecule has 18 heavy (non-hydrogen) atoms. The third-order valence-corrected chi connectivity index (χ3v) is 4.76. The lowest BCUT2D eigenvalue weighted by Crippen LogP contribution is -2.57. The van der Waals surface area contributed by atoms with E-state index in [0.717, 1.165) is 38.2 Å². The van der Waals surface area contributed by atoms with Gasteiger partial charge in [-0.3, -0.25) is 4.79 Å². The molecule has 0 aliphatic heterocycles. The standard InChI is InChI=1S/C14H26N2O2/c1-16-14(13(15)17)8-3-6-12(10-14)18-9-7-11-4-2-5-11/h11-12,16H,2-10H2,1H3,(H2,15,17). The maximum atomic E-state index is 11.6.